The van der Waals surface area contributed by atoms with E-state index in [4.69, 9.17) is 15.9 Å². The quantitative estimate of drug-likeness (QED) is 0.122. The second kappa shape index (κ2) is 13.1. The zero-order valence-electron chi connectivity index (χ0n) is 22.4. The number of benzene rings is 3. The van der Waals surface area contributed by atoms with E-state index in [-0.39, 0.29) is 24.2 Å². The number of nitrogens with one attached hydrogen (secondary N) is 3. The normalized spacial score (nSPS) is 13.6. The minimum atomic E-state index is -0.595. The summed E-state index contributed by atoms with van der Waals surface area (Å²) in [4.78, 5) is 28.2. The van der Waals surface area contributed by atoms with Crippen LogP contribution in [0.4, 0.5) is 5.69 Å². The molecular formula is C29H34N5O3PS. The first-order valence-corrected chi connectivity index (χ1v) is 15.9. The van der Waals surface area contributed by atoms with Crippen LogP contribution < -0.4 is 30.7 Å². The van der Waals surface area contributed by atoms with Gasteiger partial charge < -0.3 is 20.7 Å². The number of aryl methyl sites for hydroxylation is 1. The van der Waals surface area contributed by atoms with Crippen molar-refractivity contribution >= 4 is 47.3 Å². The van der Waals surface area contributed by atoms with E-state index in [1.165, 1.54) is 10.9 Å². The summed E-state index contributed by atoms with van der Waals surface area (Å²) in [7, 11) is -0.595. The molecule has 2 unspecified atom stereocenters. The second-order valence-electron chi connectivity index (χ2n) is 9.42. The molecule has 5 N–H and O–H groups in total. The van der Waals surface area contributed by atoms with E-state index in [0.717, 1.165) is 29.9 Å². The van der Waals surface area contributed by atoms with E-state index < -0.39 is 13.2 Å². The molecule has 0 saturated carbocycles. The molecule has 8 nitrogen and oxygen atoms in total. The monoisotopic (exact) mass is 563 g/mol. The molecule has 2 atom stereocenters. The average molecular weight is 564 g/mol. The van der Waals surface area contributed by atoms with Gasteiger partial charge in [0.25, 0.3) is 0 Å². The molecular weight excluding hydrogens is 529 g/mol. The molecule has 3 aromatic rings. The molecule has 4 rings (SSSR count). The van der Waals surface area contributed by atoms with Crippen LogP contribution in [-0.4, -0.2) is 43.5 Å². The highest BCUT2D eigenvalue weighted by Gasteiger charge is 2.26. The highest BCUT2D eigenvalue weighted by atomic mass is 32.7. The van der Waals surface area contributed by atoms with Gasteiger partial charge in [-0.1, -0.05) is 42.5 Å². The maximum atomic E-state index is 13.6. The summed E-state index contributed by atoms with van der Waals surface area (Å²) in [5, 5.41) is 11.6. The maximum Gasteiger partial charge on any atom is 0.245 e. The van der Waals surface area contributed by atoms with Crippen LogP contribution in [0.2, 0.25) is 0 Å². The Bertz CT molecular complexity index is 1350. The van der Waals surface area contributed by atoms with Gasteiger partial charge in [0.2, 0.25) is 11.8 Å². The third-order valence-corrected chi connectivity index (χ3v) is 10.0. The number of amides is 2. The summed E-state index contributed by atoms with van der Waals surface area (Å²) >= 11 is 1.56. The fraction of sp³-hybridized carbons (Fsp3) is 0.276. The number of nitrogen functional groups attached to an aromatic ring is 1. The summed E-state index contributed by atoms with van der Waals surface area (Å²) in [6.07, 6.45) is 0.927. The number of rotatable bonds is 11. The number of ether oxygens (including phenoxy) is 1. The lowest BCUT2D eigenvalue weighted by atomic mass is 10.1. The van der Waals surface area contributed by atoms with Crippen molar-refractivity contribution in [2.75, 3.05) is 24.7 Å². The van der Waals surface area contributed by atoms with Crippen LogP contribution in [0.5, 0.6) is 5.75 Å². The molecule has 3 aromatic carbocycles. The fourth-order valence-electron chi connectivity index (χ4n) is 4.21. The predicted molar refractivity (Wildman–Crippen MR) is 161 cm³/mol. The Morgan fingerprint density at radius 2 is 1.90 bits per heavy atom. The van der Waals surface area contributed by atoms with Crippen molar-refractivity contribution in [2.45, 2.75) is 32.9 Å². The molecule has 1 aliphatic rings. The van der Waals surface area contributed by atoms with Gasteiger partial charge in [0, 0.05) is 24.2 Å². The Morgan fingerprint density at radius 3 is 2.62 bits per heavy atom. The van der Waals surface area contributed by atoms with E-state index in [1.807, 2.05) is 56.3 Å². The lowest BCUT2D eigenvalue weighted by Crippen LogP contribution is -2.47. The van der Waals surface area contributed by atoms with E-state index >= 15 is 0 Å². The molecule has 0 bridgehead atoms. The Labute approximate surface area is 234 Å². The lowest BCUT2D eigenvalue weighted by Gasteiger charge is -2.27. The molecule has 2 amide bonds. The minimum absolute atomic E-state index is 0.00335. The summed E-state index contributed by atoms with van der Waals surface area (Å²) in [6, 6.07) is 20.5. The highest BCUT2D eigenvalue weighted by molar-refractivity contribution is 8.56. The van der Waals surface area contributed by atoms with Gasteiger partial charge in [-0.3, -0.25) is 15.0 Å². The summed E-state index contributed by atoms with van der Waals surface area (Å²) < 4.78 is 8.95. The lowest BCUT2D eigenvalue weighted by molar-refractivity contribution is -0.124. The van der Waals surface area contributed by atoms with Crippen molar-refractivity contribution in [1.82, 2.24) is 10.0 Å². The van der Waals surface area contributed by atoms with Gasteiger partial charge in [-0.2, -0.15) is 0 Å². The Hall–Kier alpha value is -3.39. The van der Waals surface area contributed by atoms with Gasteiger partial charge in [0.1, 0.15) is 18.1 Å². The van der Waals surface area contributed by atoms with Crippen molar-refractivity contribution in [2.24, 2.45) is 5.73 Å². The maximum absolute atomic E-state index is 13.6. The number of amidine groups is 1. The van der Waals surface area contributed by atoms with Crippen LogP contribution >= 0.6 is 18.7 Å². The van der Waals surface area contributed by atoms with E-state index in [0.29, 0.717) is 17.8 Å². The van der Waals surface area contributed by atoms with Crippen molar-refractivity contribution in [1.29, 1.82) is 5.41 Å². The third kappa shape index (κ3) is 7.38. The highest BCUT2D eigenvalue weighted by Crippen LogP contribution is 2.44. The van der Waals surface area contributed by atoms with Crippen molar-refractivity contribution in [3.63, 3.8) is 0 Å². The molecule has 1 heterocycles. The topological polar surface area (TPSA) is 121 Å². The summed E-state index contributed by atoms with van der Waals surface area (Å²) in [6.45, 7) is 6.86. The van der Waals surface area contributed by atoms with E-state index in [2.05, 4.69) is 28.8 Å². The Morgan fingerprint density at radius 1 is 1.15 bits per heavy atom. The minimum Gasteiger partial charge on any atom is -0.493 e. The van der Waals surface area contributed by atoms with Gasteiger partial charge in [-0.05, 0) is 85.5 Å². The summed E-state index contributed by atoms with van der Waals surface area (Å²) in [5.74, 6) is 0.518. The fourth-order valence-corrected chi connectivity index (χ4v) is 6.96. The first kappa shape index (κ1) is 28.6. The zero-order valence-corrected chi connectivity index (χ0v) is 24.1. The number of hydrogen-bond donors (Lipinski definition) is 4. The molecule has 0 radical (unpaired) electrons. The average Bonchev–Trinajstić information content (AvgIpc) is 3.41. The third-order valence-electron chi connectivity index (χ3n) is 6.50. The number of carbonyl (C=O) groups excluding carboxylic acids is 2. The van der Waals surface area contributed by atoms with Gasteiger partial charge >= 0.3 is 0 Å². The molecule has 39 heavy (non-hydrogen) atoms. The Kier molecular flexibility index (Phi) is 9.62. The number of nitrogens with two attached hydrogens (primary N) is 1. The van der Waals surface area contributed by atoms with Crippen LogP contribution in [0, 0.1) is 12.3 Å². The van der Waals surface area contributed by atoms with Crippen LogP contribution in [0.15, 0.2) is 66.7 Å². The smallest absolute Gasteiger partial charge is 0.245 e. The number of carbonyl (C=O) groups is 2. The van der Waals surface area contributed by atoms with Crippen LogP contribution in [0.1, 0.15) is 29.2 Å². The van der Waals surface area contributed by atoms with Crippen molar-refractivity contribution < 1.29 is 14.3 Å². The van der Waals surface area contributed by atoms with E-state index in [1.54, 1.807) is 28.6 Å². The molecule has 10 heteroatoms. The Balaban J connectivity index is 1.39. The van der Waals surface area contributed by atoms with Crippen LogP contribution in [0.3, 0.4) is 0 Å². The van der Waals surface area contributed by atoms with Gasteiger partial charge in [0.05, 0.1) is 12.6 Å². The number of hydrogen-bond acceptors (Lipinski definition) is 6. The standard InChI is InChI=1S/C29H34N5O3PS/c1-19-6-4-5-7-25(19)34(18-27(35)32-17-21-8-10-22(11-9-21)28(30)31)29(36)20(2)33-39-38(3)24-12-13-26-23(16-24)14-15-37-26/h4-13,16,20,33H,14-15,17-18H2,1-3H3,(H3,30,31)(H,32,35). The second-order valence-corrected chi connectivity index (χ2v) is 13.5. The molecule has 0 aliphatic carbocycles. The van der Waals surface area contributed by atoms with Gasteiger partial charge in [-0.25, -0.2) is 4.72 Å². The SMILES string of the molecule is Cc1ccccc1N(CC(=O)NCc1ccc(C(=N)N)cc1)C(=O)C(C)NSP(C)c1ccc2c(c1)CCO2. The molecule has 1 aliphatic heterocycles. The zero-order chi connectivity index (χ0) is 27.9. The number of anilines is 1. The number of nitrogens with zero attached hydrogens (tertiary/aromatic N) is 1. The van der Waals surface area contributed by atoms with Crippen molar-refractivity contribution in [3.05, 3.63) is 89.0 Å². The molecule has 204 valence electrons. The molecule has 0 saturated heterocycles. The van der Waals surface area contributed by atoms with Crippen LogP contribution in [0.25, 0.3) is 0 Å². The van der Waals surface area contributed by atoms with E-state index in [9.17, 15) is 9.59 Å². The summed E-state index contributed by atoms with van der Waals surface area (Å²) in [5.41, 5.74) is 9.87. The first-order valence-electron chi connectivity index (χ1n) is 12.7. The van der Waals surface area contributed by atoms with Gasteiger partial charge in [0.15, 0.2) is 0 Å². The molecule has 0 spiro atoms. The first-order chi connectivity index (χ1) is 18.7. The molecule has 0 aromatic heterocycles. The number of para-hydroxylation sites is 1. The molecule has 0 fully saturated rings. The van der Waals surface area contributed by atoms with Crippen LogP contribution in [-0.2, 0) is 22.6 Å². The predicted octanol–water partition coefficient (Wildman–Crippen LogP) is 3.84. The van der Waals surface area contributed by atoms with Gasteiger partial charge in [-0.15, -0.1) is 0 Å². The number of fused-ring (bicyclic) bond motifs is 1. The van der Waals surface area contributed by atoms with Crippen molar-refractivity contribution in [3.8, 4) is 5.75 Å². The largest absolute Gasteiger partial charge is 0.493 e.